The molecule has 0 aromatic carbocycles. The summed E-state index contributed by atoms with van der Waals surface area (Å²) < 4.78 is 9.86. The van der Waals surface area contributed by atoms with E-state index in [2.05, 4.69) is 6.92 Å². The van der Waals surface area contributed by atoms with E-state index in [0.29, 0.717) is 5.75 Å². The first kappa shape index (κ1) is 5.31. The molecule has 0 saturated carbocycles. The van der Waals surface area contributed by atoms with Crippen molar-refractivity contribution in [1.82, 2.24) is 0 Å². The fourth-order valence-corrected chi connectivity index (χ4v) is 0. The zero-order chi connectivity index (χ0) is 4.28. The molecule has 31 valence electrons. The van der Waals surface area contributed by atoms with Gasteiger partial charge < -0.3 is 4.55 Å². The fourth-order valence-electron chi connectivity index (χ4n) is 0. The van der Waals surface area contributed by atoms with Crippen LogP contribution < -0.4 is 0 Å². The van der Waals surface area contributed by atoms with Gasteiger partial charge in [0.25, 0.3) is 0 Å². The molecular weight excluding hydrogens is 84.1 g/mol. The van der Waals surface area contributed by atoms with Crippen LogP contribution in [0.4, 0.5) is 0 Å². The quantitative estimate of drug-likeness (QED) is 0.423. The van der Waals surface area contributed by atoms with Crippen molar-refractivity contribution in [3.8, 4) is 0 Å². The summed E-state index contributed by atoms with van der Waals surface area (Å²) in [4.78, 5) is 0. The summed E-state index contributed by atoms with van der Waals surface area (Å²) in [5.74, 6) is 0.528. The first-order valence-electron chi connectivity index (χ1n) is 1.36. The highest BCUT2D eigenvalue weighted by Crippen LogP contribution is 1.74. The molecule has 0 N–H and O–H groups in total. The highest BCUT2D eigenvalue weighted by Gasteiger charge is 1.81. The highest BCUT2D eigenvalue weighted by atomic mass is 32.2. The SMILES string of the molecule is [CH2]C[S@+](C)[O-]. The van der Waals surface area contributed by atoms with E-state index < -0.39 is 11.2 Å². The summed E-state index contributed by atoms with van der Waals surface area (Å²) in [6.07, 6.45) is 1.63. The van der Waals surface area contributed by atoms with Gasteiger partial charge in [-0.15, -0.1) is 0 Å². The Morgan fingerprint density at radius 3 is 2.20 bits per heavy atom. The second-order valence-corrected chi connectivity index (χ2v) is 2.33. The van der Waals surface area contributed by atoms with Crippen molar-refractivity contribution in [3.63, 3.8) is 0 Å². The molecule has 0 aliphatic rings. The molecule has 0 unspecified atom stereocenters. The van der Waals surface area contributed by atoms with Gasteiger partial charge in [-0.1, -0.05) is 11.2 Å². The van der Waals surface area contributed by atoms with Gasteiger partial charge in [0.05, 0.1) is 6.26 Å². The van der Waals surface area contributed by atoms with Gasteiger partial charge in [0.1, 0.15) is 5.75 Å². The van der Waals surface area contributed by atoms with E-state index in [4.69, 9.17) is 0 Å². The minimum atomic E-state index is -0.684. The van der Waals surface area contributed by atoms with Crippen LogP contribution >= 0.6 is 0 Å². The largest absolute Gasteiger partial charge is 0.617 e. The van der Waals surface area contributed by atoms with E-state index >= 15 is 0 Å². The third-order valence-corrected chi connectivity index (χ3v) is 0.862. The van der Waals surface area contributed by atoms with Crippen LogP contribution in [-0.2, 0) is 11.2 Å². The Balaban J connectivity index is 2.54. The molecule has 0 bridgehead atoms. The molecule has 1 radical (unpaired) electrons. The van der Waals surface area contributed by atoms with Crippen LogP contribution in [0.25, 0.3) is 0 Å². The van der Waals surface area contributed by atoms with Crippen LogP contribution in [0.3, 0.4) is 0 Å². The standard InChI is InChI=1S/C3H7OS/c1-3-5(2)4/h1,3H2,2H3/t5-/m0/s1. The van der Waals surface area contributed by atoms with E-state index in [9.17, 15) is 4.55 Å². The molecule has 0 spiro atoms. The van der Waals surface area contributed by atoms with Crippen molar-refractivity contribution < 1.29 is 4.55 Å². The van der Waals surface area contributed by atoms with Gasteiger partial charge >= 0.3 is 0 Å². The predicted octanol–water partition coefficient (Wildman–Crippen LogP) is 0.199. The van der Waals surface area contributed by atoms with E-state index in [0.717, 1.165) is 0 Å². The zero-order valence-corrected chi connectivity index (χ0v) is 4.05. The van der Waals surface area contributed by atoms with Crippen molar-refractivity contribution in [2.45, 2.75) is 0 Å². The smallest absolute Gasteiger partial charge is 0.105 e. The fraction of sp³-hybridized carbons (Fsp3) is 0.667. The summed E-state index contributed by atoms with van der Waals surface area (Å²) >= 11 is -0.684. The first-order valence-corrected chi connectivity index (χ1v) is 3.09. The van der Waals surface area contributed by atoms with E-state index in [1.807, 2.05) is 0 Å². The van der Waals surface area contributed by atoms with Crippen LogP contribution in [0.15, 0.2) is 0 Å². The third-order valence-electron chi connectivity index (χ3n) is 0.287. The topological polar surface area (TPSA) is 23.1 Å². The summed E-state index contributed by atoms with van der Waals surface area (Å²) in [5.41, 5.74) is 0. The summed E-state index contributed by atoms with van der Waals surface area (Å²) in [5, 5.41) is 0. The molecule has 2 heteroatoms. The zero-order valence-electron chi connectivity index (χ0n) is 3.23. The Morgan fingerprint density at radius 1 is 2.00 bits per heavy atom. The van der Waals surface area contributed by atoms with Gasteiger partial charge in [-0.25, -0.2) is 0 Å². The minimum absolute atomic E-state index is 0.528. The Kier molecular flexibility index (Phi) is 2.70. The van der Waals surface area contributed by atoms with Crippen LogP contribution in [0, 0.1) is 6.92 Å². The maximum Gasteiger partial charge on any atom is 0.105 e. The lowest BCUT2D eigenvalue weighted by molar-refractivity contribution is 0.603. The van der Waals surface area contributed by atoms with Crippen LogP contribution in [-0.4, -0.2) is 16.6 Å². The number of hydrogen-bond donors (Lipinski definition) is 0. The third kappa shape index (κ3) is 4.31. The van der Waals surface area contributed by atoms with Crippen LogP contribution in [0.1, 0.15) is 0 Å². The lowest BCUT2D eigenvalue weighted by Gasteiger charge is -1.95. The average molecular weight is 91.2 g/mol. The van der Waals surface area contributed by atoms with Gasteiger partial charge in [0, 0.05) is 0 Å². The summed E-state index contributed by atoms with van der Waals surface area (Å²) in [6.45, 7) is 3.39. The van der Waals surface area contributed by atoms with Crippen molar-refractivity contribution in [2.75, 3.05) is 12.0 Å². The monoisotopic (exact) mass is 91.0 g/mol. The Bertz CT molecular complexity index is 20.9. The maximum atomic E-state index is 9.86. The first-order chi connectivity index (χ1) is 2.27. The Hall–Kier alpha value is 0.310. The molecule has 5 heavy (non-hydrogen) atoms. The van der Waals surface area contributed by atoms with Gasteiger partial charge in [-0.2, -0.15) is 0 Å². The molecule has 0 aliphatic heterocycles. The molecule has 0 aromatic rings. The second-order valence-electron chi connectivity index (χ2n) is 0.777. The van der Waals surface area contributed by atoms with E-state index in [1.54, 1.807) is 6.26 Å². The van der Waals surface area contributed by atoms with Crippen molar-refractivity contribution in [1.29, 1.82) is 0 Å². The molecule has 1 nitrogen and oxygen atoms in total. The molecule has 0 saturated heterocycles. The Morgan fingerprint density at radius 2 is 2.20 bits per heavy atom. The minimum Gasteiger partial charge on any atom is -0.617 e. The van der Waals surface area contributed by atoms with Gasteiger partial charge in [-0.05, 0) is 6.92 Å². The molecule has 0 aliphatic carbocycles. The molecule has 0 rings (SSSR count). The lowest BCUT2D eigenvalue weighted by atomic mass is 11.0. The van der Waals surface area contributed by atoms with Crippen molar-refractivity contribution >= 4 is 11.2 Å². The molecule has 0 fully saturated rings. The van der Waals surface area contributed by atoms with Gasteiger partial charge in [-0.3, -0.25) is 0 Å². The maximum absolute atomic E-state index is 9.86. The molecule has 0 amide bonds. The molecule has 0 heterocycles. The number of hydrogen-bond acceptors (Lipinski definition) is 1. The second kappa shape index (κ2) is 2.54. The summed E-state index contributed by atoms with van der Waals surface area (Å²) in [7, 11) is 0. The van der Waals surface area contributed by atoms with Gasteiger partial charge in [0.2, 0.25) is 0 Å². The van der Waals surface area contributed by atoms with Crippen molar-refractivity contribution in [2.24, 2.45) is 0 Å². The predicted molar refractivity (Wildman–Crippen MR) is 24.3 cm³/mol. The lowest BCUT2D eigenvalue weighted by Crippen LogP contribution is -1.97. The van der Waals surface area contributed by atoms with E-state index in [-0.39, 0.29) is 0 Å². The normalized spacial score (nSPS) is 15.0. The number of rotatable bonds is 1. The average Bonchev–Trinajstić information content (AvgIpc) is 1.38. The highest BCUT2D eigenvalue weighted by molar-refractivity contribution is 7.90. The van der Waals surface area contributed by atoms with E-state index in [1.165, 1.54) is 0 Å². The summed E-state index contributed by atoms with van der Waals surface area (Å²) in [6, 6.07) is 0. The van der Waals surface area contributed by atoms with Gasteiger partial charge in [0.15, 0.2) is 0 Å². The van der Waals surface area contributed by atoms with Crippen LogP contribution in [0.5, 0.6) is 0 Å². The molecule has 1 atom stereocenters. The molecular formula is C3H7OS. The van der Waals surface area contributed by atoms with Crippen LogP contribution in [0.2, 0.25) is 0 Å². The van der Waals surface area contributed by atoms with Crippen molar-refractivity contribution in [3.05, 3.63) is 6.92 Å². The molecule has 0 aromatic heterocycles. The Labute approximate surface area is 35.6 Å².